The third-order valence-electron chi connectivity index (χ3n) is 8.21. The van der Waals surface area contributed by atoms with E-state index in [9.17, 15) is 53.7 Å². The Labute approximate surface area is 354 Å². The summed E-state index contributed by atoms with van der Waals surface area (Å²) in [5, 5.41) is 39.2. The molecule has 1 saturated heterocycles. The molecular formula is C34H31N9O15S3. The van der Waals surface area contributed by atoms with Gasteiger partial charge in [0.25, 0.3) is 11.8 Å². The van der Waals surface area contributed by atoms with Crippen molar-refractivity contribution in [2.24, 2.45) is 10.1 Å². The number of thiazole rings is 1. The number of ether oxygens (including phenoxy) is 3. The SMILES string of the molecule is CC(=O)Oc1cc([C@H](ON=C(C(=O)N[C@@H]2C(=O)N3C(C(=O)O)=C(CSC4=CC(C)=NC5=CN(C(=O)O)NN54)CS[C@H]23)c2csc(N)n2)C(=O)O)cc(OC(C)=O)c1OC(C)=O. The summed E-state index contributed by atoms with van der Waals surface area (Å²) in [6, 6.07) is 0.581. The molecule has 0 radical (unpaired) electrons. The maximum absolute atomic E-state index is 13.8. The second kappa shape index (κ2) is 17.7. The first-order chi connectivity index (χ1) is 28.8. The number of β-lactam (4-membered cyclic amide) rings is 1. The van der Waals surface area contributed by atoms with Gasteiger partial charge in [-0.2, -0.15) is 5.01 Å². The zero-order valence-electron chi connectivity index (χ0n) is 31.8. The highest BCUT2D eigenvalue weighted by Crippen LogP contribution is 2.44. The number of aliphatic carboxylic acids is 2. The van der Waals surface area contributed by atoms with Crippen LogP contribution < -0.4 is 30.8 Å². The van der Waals surface area contributed by atoms with Crippen LogP contribution in [0.5, 0.6) is 17.2 Å². The minimum atomic E-state index is -2.12. The number of oxime groups is 1. The maximum atomic E-state index is 13.8. The molecule has 1 aromatic carbocycles. The number of benzene rings is 1. The lowest BCUT2D eigenvalue weighted by molar-refractivity contribution is -0.151. The number of allylic oxidation sites excluding steroid dienone is 1. The number of carbonyl (C=O) groups excluding carboxylic acids is 5. The summed E-state index contributed by atoms with van der Waals surface area (Å²) in [6.07, 6.45) is -0.474. The van der Waals surface area contributed by atoms with Gasteiger partial charge in [0.2, 0.25) is 11.9 Å². The molecule has 0 aliphatic carbocycles. The lowest BCUT2D eigenvalue weighted by Crippen LogP contribution is -2.71. The van der Waals surface area contributed by atoms with Crippen LogP contribution in [0.1, 0.15) is 45.1 Å². The second-order valence-corrected chi connectivity index (χ2v) is 15.7. The molecule has 4 aliphatic heterocycles. The first-order valence-corrected chi connectivity index (χ1v) is 20.1. The zero-order chi connectivity index (χ0) is 44.4. The average Bonchev–Trinajstić information content (AvgIpc) is 3.80. The van der Waals surface area contributed by atoms with E-state index in [0.29, 0.717) is 16.3 Å². The van der Waals surface area contributed by atoms with Crippen LogP contribution in [0.2, 0.25) is 0 Å². The van der Waals surface area contributed by atoms with Gasteiger partial charge in [0, 0.05) is 48.9 Å². The van der Waals surface area contributed by atoms with E-state index in [-0.39, 0.29) is 39.4 Å². The Morgan fingerprint density at radius 1 is 1.05 bits per heavy atom. The summed E-state index contributed by atoms with van der Waals surface area (Å²) in [4.78, 5) is 114. The number of rotatable bonds is 14. The predicted octanol–water partition coefficient (Wildman–Crippen LogP) is 1.35. The standard InChI is InChI=1S/C34H31N9O15S3/c1-12-5-22(43-21(36-12)8-41(40-43)34(53)54)59-9-17-10-60-30-24(29(48)42(30)25(17)31(49)50)38-28(47)23(18-11-61-33(35)37-18)39-58-26(32(51)52)16-6-19(55-13(2)44)27(57-15(4)46)20(7-16)56-14(3)45/h5-8,11,24,26,30,40H,9-10H2,1-4H3,(H2,35,37)(H,38,47)(H,49,50)(H,51,52)(H,53,54)/t24-,26+,30-/m1/s1. The molecule has 0 bridgehead atoms. The van der Waals surface area contributed by atoms with Crippen molar-refractivity contribution in [3.05, 3.63) is 63.2 Å². The monoisotopic (exact) mass is 901 g/mol. The topological polar surface area (TPSA) is 332 Å². The van der Waals surface area contributed by atoms with Crippen molar-refractivity contribution >= 4 is 99.2 Å². The molecule has 6 rings (SSSR count). The molecule has 24 nitrogen and oxygen atoms in total. The molecule has 61 heavy (non-hydrogen) atoms. The highest BCUT2D eigenvalue weighted by Gasteiger charge is 2.54. The van der Waals surface area contributed by atoms with E-state index in [2.05, 4.69) is 26.0 Å². The number of carbonyl (C=O) groups is 8. The number of aliphatic imine (C=N–C) groups is 1. The first kappa shape index (κ1) is 43.6. The number of hydrogen-bond acceptors (Lipinski definition) is 21. The average molecular weight is 902 g/mol. The lowest BCUT2D eigenvalue weighted by Gasteiger charge is -2.49. The normalized spacial score (nSPS) is 18.7. The Morgan fingerprint density at radius 2 is 1.70 bits per heavy atom. The van der Waals surface area contributed by atoms with E-state index >= 15 is 0 Å². The Hall–Kier alpha value is -6.97. The highest BCUT2D eigenvalue weighted by molar-refractivity contribution is 8.03. The van der Waals surface area contributed by atoms with Crippen LogP contribution in [-0.4, -0.2) is 117 Å². The Bertz CT molecular complexity index is 2410. The number of amides is 3. The Morgan fingerprint density at radius 3 is 2.26 bits per heavy atom. The fourth-order valence-electron chi connectivity index (χ4n) is 5.84. The van der Waals surface area contributed by atoms with E-state index in [0.717, 1.165) is 65.9 Å². The van der Waals surface area contributed by atoms with Crippen molar-refractivity contribution < 1.29 is 72.7 Å². The number of esters is 3. The molecule has 1 fully saturated rings. The first-order valence-electron chi connectivity index (χ1n) is 17.1. The minimum Gasteiger partial charge on any atom is -0.478 e. The van der Waals surface area contributed by atoms with Gasteiger partial charge in [0.05, 0.1) is 11.2 Å². The van der Waals surface area contributed by atoms with Gasteiger partial charge in [-0.05, 0) is 30.7 Å². The summed E-state index contributed by atoms with van der Waals surface area (Å²) >= 11 is 3.21. The van der Waals surface area contributed by atoms with Crippen LogP contribution in [0.4, 0.5) is 9.93 Å². The largest absolute Gasteiger partial charge is 0.478 e. The predicted molar refractivity (Wildman–Crippen MR) is 211 cm³/mol. The molecule has 4 aliphatic rings. The summed E-state index contributed by atoms with van der Waals surface area (Å²) in [6.45, 7) is 4.70. The van der Waals surface area contributed by atoms with E-state index in [1.54, 1.807) is 13.0 Å². The molecule has 0 spiro atoms. The third-order valence-corrected chi connectivity index (χ3v) is 11.3. The van der Waals surface area contributed by atoms with Crippen molar-refractivity contribution in [1.82, 2.24) is 30.8 Å². The number of hydrazine groups is 2. The van der Waals surface area contributed by atoms with Crippen molar-refractivity contribution in [2.45, 2.75) is 45.2 Å². The van der Waals surface area contributed by atoms with Crippen molar-refractivity contribution in [3.8, 4) is 17.2 Å². The van der Waals surface area contributed by atoms with Gasteiger partial charge < -0.3 is 45.4 Å². The minimum absolute atomic E-state index is 0.0304. The van der Waals surface area contributed by atoms with Crippen molar-refractivity contribution in [3.63, 3.8) is 0 Å². The van der Waals surface area contributed by atoms with Gasteiger partial charge in [-0.25, -0.2) is 29.4 Å². The lowest BCUT2D eigenvalue weighted by atomic mass is 10.0. The molecule has 0 unspecified atom stereocenters. The van der Waals surface area contributed by atoms with E-state index in [1.165, 1.54) is 28.4 Å². The molecular weight excluding hydrogens is 871 g/mol. The smallest absolute Gasteiger partial charge is 0.427 e. The van der Waals surface area contributed by atoms with Crippen LogP contribution >= 0.6 is 34.9 Å². The van der Waals surface area contributed by atoms with E-state index < -0.39 is 88.2 Å². The Kier molecular flexibility index (Phi) is 12.7. The number of carboxylic acid groups (broad SMARTS) is 3. The molecule has 1 aromatic heterocycles. The molecule has 7 N–H and O–H groups in total. The number of anilines is 1. The molecule has 3 amide bonds. The van der Waals surface area contributed by atoms with Crippen molar-refractivity contribution in [1.29, 1.82) is 0 Å². The number of thioether (sulfide) groups is 2. The van der Waals surface area contributed by atoms with Gasteiger partial charge >= 0.3 is 35.9 Å². The Balaban J connectivity index is 1.23. The maximum Gasteiger partial charge on any atom is 0.427 e. The quantitative estimate of drug-likeness (QED) is 0.0512. The van der Waals surface area contributed by atoms with Gasteiger partial charge in [-0.1, -0.05) is 5.16 Å². The number of nitrogen functional groups attached to an aromatic ring is 1. The van der Waals surface area contributed by atoms with E-state index in [1.807, 2.05) is 0 Å². The number of nitrogens with zero attached hydrogens (tertiary/aromatic N) is 6. The zero-order valence-corrected chi connectivity index (χ0v) is 34.2. The van der Waals surface area contributed by atoms with Gasteiger partial charge in [0.1, 0.15) is 22.8 Å². The molecule has 3 atom stereocenters. The highest BCUT2D eigenvalue weighted by atomic mass is 32.2. The van der Waals surface area contributed by atoms with Gasteiger partial charge in [-0.3, -0.25) is 28.9 Å². The molecule has 5 heterocycles. The summed E-state index contributed by atoms with van der Waals surface area (Å²) < 4.78 is 15.3. The van der Waals surface area contributed by atoms with Gasteiger partial charge in [-0.15, -0.1) is 40.4 Å². The van der Waals surface area contributed by atoms with Crippen LogP contribution in [0.15, 0.2) is 62.1 Å². The summed E-state index contributed by atoms with van der Waals surface area (Å²) in [7, 11) is 0. The van der Waals surface area contributed by atoms with Crippen LogP contribution in [0.25, 0.3) is 0 Å². The number of carboxylic acids is 2. The summed E-state index contributed by atoms with van der Waals surface area (Å²) in [5.74, 6) is -8.92. The number of nitrogens with one attached hydrogen (secondary N) is 2. The van der Waals surface area contributed by atoms with E-state index in [4.69, 9.17) is 24.8 Å². The number of aromatic nitrogens is 1. The molecule has 320 valence electrons. The fourth-order valence-corrected chi connectivity index (χ4v) is 8.94. The molecule has 0 saturated carbocycles. The van der Waals surface area contributed by atoms with Crippen LogP contribution in [0.3, 0.4) is 0 Å². The number of fused-ring (bicyclic) bond motifs is 2. The number of nitrogens with two attached hydrogens (primary N) is 1. The second-order valence-electron chi connectivity index (χ2n) is 12.7. The third kappa shape index (κ3) is 9.43. The van der Waals surface area contributed by atoms with Crippen molar-refractivity contribution in [2.75, 3.05) is 17.2 Å². The molecule has 27 heteroatoms. The fraction of sp³-hybridized carbons (Fsp3) is 0.265. The molecule has 2 aromatic rings. The number of hydrogen-bond donors (Lipinski definition) is 6. The van der Waals surface area contributed by atoms with Gasteiger partial charge in [0.15, 0.2) is 28.2 Å². The summed E-state index contributed by atoms with van der Waals surface area (Å²) in [5.41, 5.74) is 7.84. The van der Waals surface area contributed by atoms with Crippen LogP contribution in [-0.2, 0) is 38.4 Å². The van der Waals surface area contributed by atoms with Crippen LogP contribution in [0, 0.1) is 0 Å².